The van der Waals surface area contributed by atoms with Crippen LogP contribution in [0, 0.1) is 5.41 Å². The fourth-order valence-electron chi connectivity index (χ4n) is 2.11. The lowest BCUT2D eigenvalue weighted by atomic mass is 9.74. The molecule has 1 aromatic carbocycles. The van der Waals surface area contributed by atoms with E-state index < -0.39 is 0 Å². The Balaban J connectivity index is 2.89. The van der Waals surface area contributed by atoms with Crippen molar-refractivity contribution >= 4 is 5.78 Å². The van der Waals surface area contributed by atoms with Crippen LogP contribution >= 0.6 is 0 Å². The molecule has 0 spiro atoms. The summed E-state index contributed by atoms with van der Waals surface area (Å²) in [5.74, 6) is 0.316. The molecule has 1 heteroatoms. The first kappa shape index (κ1) is 12.0. The largest absolute Gasteiger partial charge is 0.299 e. The molecule has 0 heterocycles. The highest BCUT2D eigenvalue weighted by molar-refractivity contribution is 5.82. The molecule has 0 radical (unpaired) electrons. The molecule has 0 aliphatic rings. The summed E-state index contributed by atoms with van der Waals surface area (Å²) in [4.78, 5) is 11.7. The van der Waals surface area contributed by atoms with Gasteiger partial charge in [0.15, 0.2) is 0 Å². The molecular weight excluding hydrogens is 184 g/mol. The minimum absolute atomic E-state index is 0.151. The quantitative estimate of drug-likeness (QED) is 0.716. The van der Waals surface area contributed by atoms with E-state index in [0.29, 0.717) is 5.78 Å². The Labute approximate surface area is 92.5 Å². The van der Waals surface area contributed by atoms with Crippen LogP contribution in [0.25, 0.3) is 0 Å². The molecule has 82 valence electrons. The molecule has 0 aromatic heterocycles. The Hall–Kier alpha value is -1.11. The second kappa shape index (κ2) is 5.11. The van der Waals surface area contributed by atoms with E-state index in [2.05, 4.69) is 26.0 Å². The van der Waals surface area contributed by atoms with Gasteiger partial charge in [0.1, 0.15) is 5.78 Å². The Morgan fingerprint density at radius 1 is 1.13 bits per heavy atom. The van der Waals surface area contributed by atoms with Crippen LogP contribution in [-0.4, -0.2) is 5.78 Å². The van der Waals surface area contributed by atoms with Crippen molar-refractivity contribution in [2.75, 3.05) is 0 Å². The number of Topliss-reactive ketones (excluding diaryl/α,β-unsaturated/α-hetero) is 1. The van der Waals surface area contributed by atoms with Gasteiger partial charge in [0.05, 0.1) is 0 Å². The van der Waals surface area contributed by atoms with Crippen LogP contribution in [0.1, 0.15) is 39.2 Å². The zero-order valence-corrected chi connectivity index (χ0v) is 9.92. The second-order valence-electron chi connectivity index (χ2n) is 4.21. The van der Waals surface area contributed by atoms with Gasteiger partial charge in [0, 0.05) is 5.41 Å². The van der Waals surface area contributed by atoms with Crippen LogP contribution in [0.3, 0.4) is 0 Å². The Morgan fingerprint density at radius 3 is 2.07 bits per heavy atom. The van der Waals surface area contributed by atoms with E-state index in [9.17, 15) is 4.79 Å². The van der Waals surface area contributed by atoms with E-state index in [0.717, 1.165) is 19.3 Å². The van der Waals surface area contributed by atoms with Crippen molar-refractivity contribution in [2.45, 2.75) is 40.0 Å². The Kier molecular flexibility index (Phi) is 4.07. The highest BCUT2D eigenvalue weighted by Crippen LogP contribution is 2.31. The average molecular weight is 204 g/mol. The van der Waals surface area contributed by atoms with Gasteiger partial charge in [-0.25, -0.2) is 0 Å². The lowest BCUT2D eigenvalue weighted by Crippen LogP contribution is -2.30. The van der Waals surface area contributed by atoms with Crippen LogP contribution in [0.15, 0.2) is 30.3 Å². The molecule has 1 rings (SSSR count). The van der Waals surface area contributed by atoms with Crippen LogP contribution in [0.4, 0.5) is 0 Å². The van der Waals surface area contributed by atoms with Crippen molar-refractivity contribution in [3.8, 4) is 0 Å². The zero-order valence-electron chi connectivity index (χ0n) is 9.92. The molecule has 15 heavy (non-hydrogen) atoms. The third kappa shape index (κ3) is 2.68. The van der Waals surface area contributed by atoms with Gasteiger partial charge in [-0.05, 0) is 31.7 Å². The van der Waals surface area contributed by atoms with E-state index in [1.165, 1.54) is 5.56 Å². The maximum absolute atomic E-state index is 11.7. The molecule has 1 aromatic rings. The molecule has 0 unspecified atom stereocenters. The summed E-state index contributed by atoms with van der Waals surface area (Å²) >= 11 is 0. The molecule has 0 N–H and O–H groups in total. The van der Waals surface area contributed by atoms with Crippen molar-refractivity contribution in [3.63, 3.8) is 0 Å². The van der Waals surface area contributed by atoms with Gasteiger partial charge in [0.25, 0.3) is 0 Å². The van der Waals surface area contributed by atoms with Crippen molar-refractivity contribution in [1.29, 1.82) is 0 Å². The van der Waals surface area contributed by atoms with E-state index in [1.807, 2.05) is 18.2 Å². The van der Waals surface area contributed by atoms with Crippen molar-refractivity contribution in [2.24, 2.45) is 5.41 Å². The van der Waals surface area contributed by atoms with Crippen LogP contribution < -0.4 is 0 Å². The smallest absolute Gasteiger partial charge is 0.136 e. The van der Waals surface area contributed by atoms with E-state index in [-0.39, 0.29) is 5.41 Å². The molecule has 0 saturated carbocycles. The summed E-state index contributed by atoms with van der Waals surface area (Å²) in [6.07, 6.45) is 2.72. The molecule has 0 aliphatic heterocycles. The number of rotatable bonds is 5. The van der Waals surface area contributed by atoms with E-state index in [4.69, 9.17) is 0 Å². The maximum Gasteiger partial charge on any atom is 0.136 e. The van der Waals surface area contributed by atoms with Gasteiger partial charge in [-0.3, -0.25) is 4.79 Å². The lowest BCUT2D eigenvalue weighted by Gasteiger charge is -2.28. The van der Waals surface area contributed by atoms with Gasteiger partial charge in [-0.15, -0.1) is 0 Å². The normalized spacial score (nSPS) is 11.4. The minimum Gasteiger partial charge on any atom is -0.299 e. The summed E-state index contributed by atoms with van der Waals surface area (Å²) in [5.41, 5.74) is 1.11. The van der Waals surface area contributed by atoms with Gasteiger partial charge in [0.2, 0.25) is 0 Å². The maximum atomic E-state index is 11.7. The standard InChI is InChI=1S/C14H20O/c1-4-14(5-2,12(3)15)11-13-9-7-6-8-10-13/h6-10H,4-5,11H2,1-3H3. The number of hydrogen-bond donors (Lipinski definition) is 0. The molecule has 0 bridgehead atoms. The molecule has 0 fully saturated rings. The number of carbonyl (C=O) groups is 1. The molecular formula is C14H20O. The number of hydrogen-bond acceptors (Lipinski definition) is 1. The van der Waals surface area contributed by atoms with Crippen LogP contribution in [0.5, 0.6) is 0 Å². The molecule has 0 amide bonds. The zero-order chi connectivity index (χ0) is 11.3. The second-order valence-corrected chi connectivity index (χ2v) is 4.21. The van der Waals surface area contributed by atoms with Crippen molar-refractivity contribution in [1.82, 2.24) is 0 Å². The monoisotopic (exact) mass is 204 g/mol. The average Bonchev–Trinajstić information content (AvgIpc) is 2.27. The highest BCUT2D eigenvalue weighted by atomic mass is 16.1. The van der Waals surface area contributed by atoms with Crippen molar-refractivity contribution in [3.05, 3.63) is 35.9 Å². The molecule has 0 saturated heterocycles. The predicted molar refractivity (Wildman–Crippen MR) is 63.8 cm³/mol. The molecule has 0 atom stereocenters. The first-order chi connectivity index (χ1) is 7.14. The predicted octanol–water partition coefficient (Wildman–Crippen LogP) is 3.62. The fourth-order valence-corrected chi connectivity index (χ4v) is 2.11. The summed E-state index contributed by atoms with van der Waals surface area (Å²) in [5, 5.41) is 0. The highest BCUT2D eigenvalue weighted by Gasteiger charge is 2.31. The first-order valence-corrected chi connectivity index (χ1v) is 5.69. The van der Waals surface area contributed by atoms with Gasteiger partial charge in [-0.2, -0.15) is 0 Å². The Morgan fingerprint density at radius 2 is 1.67 bits per heavy atom. The van der Waals surface area contributed by atoms with E-state index >= 15 is 0 Å². The molecule has 0 aliphatic carbocycles. The SMILES string of the molecule is CCC(CC)(Cc1ccccc1)C(C)=O. The Bertz CT molecular complexity index is 309. The summed E-state index contributed by atoms with van der Waals surface area (Å²) in [7, 11) is 0. The first-order valence-electron chi connectivity index (χ1n) is 5.69. The van der Waals surface area contributed by atoms with Crippen molar-refractivity contribution < 1.29 is 4.79 Å². The fraction of sp³-hybridized carbons (Fsp3) is 0.500. The van der Waals surface area contributed by atoms with Gasteiger partial charge < -0.3 is 0 Å². The molecule has 1 nitrogen and oxygen atoms in total. The number of carbonyl (C=O) groups excluding carboxylic acids is 1. The third-order valence-electron chi connectivity index (χ3n) is 3.49. The summed E-state index contributed by atoms with van der Waals surface area (Å²) < 4.78 is 0. The summed E-state index contributed by atoms with van der Waals surface area (Å²) in [6, 6.07) is 10.3. The van der Waals surface area contributed by atoms with Crippen LogP contribution in [0.2, 0.25) is 0 Å². The summed E-state index contributed by atoms with van der Waals surface area (Å²) in [6.45, 7) is 5.93. The van der Waals surface area contributed by atoms with Crippen LogP contribution in [-0.2, 0) is 11.2 Å². The number of benzene rings is 1. The minimum atomic E-state index is -0.151. The lowest BCUT2D eigenvalue weighted by molar-refractivity contribution is -0.127. The van der Waals surface area contributed by atoms with E-state index in [1.54, 1.807) is 6.92 Å². The van der Waals surface area contributed by atoms with Gasteiger partial charge >= 0.3 is 0 Å². The third-order valence-corrected chi connectivity index (χ3v) is 3.49. The topological polar surface area (TPSA) is 17.1 Å². The van der Waals surface area contributed by atoms with Gasteiger partial charge in [-0.1, -0.05) is 44.2 Å². The number of ketones is 1.